The topological polar surface area (TPSA) is 97.3 Å². The lowest BCUT2D eigenvalue weighted by Crippen LogP contribution is -2.49. The fourth-order valence-electron chi connectivity index (χ4n) is 4.54. The Hall–Kier alpha value is -3.33. The molecule has 1 saturated heterocycles. The Morgan fingerprint density at radius 2 is 1.97 bits per heavy atom. The van der Waals surface area contributed by atoms with Crippen LogP contribution in [-0.2, 0) is 10.3 Å². The van der Waals surface area contributed by atoms with Gasteiger partial charge in [0.2, 0.25) is 0 Å². The van der Waals surface area contributed by atoms with E-state index in [0.29, 0.717) is 29.3 Å². The van der Waals surface area contributed by atoms with Crippen molar-refractivity contribution in [2.75, 3.05) is 11.9 Å². The van der Waals surface area contributed by atoms with Crippen molar-refractivity contribution in [3.63, 3.8) is 0 Å². The predicted octanol–water partition coefficient (Wildman–Crippen LogP) is 4.11. The van der Waals surface area contributed by atoms with Crippen molar-refractivity contribution < 1.29 is 14.3 Å². The molecule has 8 nitrogen and oxygen atoms in total. The zero-order valence-corrected chi connectivity index (χ0v) is 19.6. The molecule has 3 aromatic heterocycles. The van der Waals surface area contributed by atoms with Gasteiger partial charge in [-0.05, 0) is 57.2 Å². The summed E-state index contributed by atoms with van der Waals surface area (Å²) in [5.41, 5.74) is 1.25. The highest BCUT2D eigenvalue weighted by Crippen LogP contribution is 2.39. The van der Waals surface area contributed by atoms with Gasteiger partial charge >= 0.3 is 5.97 Å². The zero-order valence-electron chi connectivity index (χ0n) is 18.7. The molecule has 2 unspecified atom stereocenters. The van der Waals surface area contributed by atoms with Crippen LogP contribution in [0.3, 0.4) is 0 Å². The van der Waals surface area contributed by atoms with Gasteiger partial charge in [0, 0.05) is 42.8 Å². The van der Waals surface area contributed by atoms with E-state index < -0.39 is 5.60 Å². The average Bonchev–Trinajstić information content (AvgIpc) is 3.38. The molecule has 0 radical (unpaired) electrons. The SMILES string of the molecule is CC1CCC(Nc2nccc3c2C(=O)OC3(C)C)CN1C(=O)c1ccsc1-c1ncccn1. The summed E-state index contributed by atoms with van der Waals surface area (Å²) in [6, 6.07) is 5.49. The fourth-order valence-corrected chi connectivity index (χ4v) is 5.37. The molecule has 5 heterocycles. The minimum atomic E-state index is -0.677. The van der Waals surface area contributed by atoms with Gasteiger partial charge in [-0.2, -0.15) is 0 Å². The molecule has 0 aliphatic carbocycles. The number of carbonyl (C=O) groups excluding carboxylic acids is 2. The van der Waals surface area contributed by atoms with E-state index in [2.05, 4.69) is 27.2 Å². The van der Waals surface area contributed by atoms with Gasteiger partial charge in [-0.1, -0.05) is 0 Å². The van der Waals surface area contributed by atoms with Crippen LogP contribution in [0.4, 0.5) is 5.82 Å². The lowest BCUT2D eigenvalue weighted by atomic mass is 9.96. The van der Waals surface area contributed by atoms with Gasteiger partial charge in [0.05, 0.1) is 10.4 Å². The number of esters is 1. The van der Waals surface area contributed by atoms with Crippen LogP contribution < -0.4 is 5.32 Å². The van der Waals surface area contributed by atoms with E-state index in [1.165, 1.54) is 11.3 Å². The Morgan fingerprint density at radius 3 is 2.76 bits per heavy atom. The first kappa shape index (κ1) is 21.5. The third kappa shape index (κ3) is 3.86. The highest BCUT2D eigenvalue weighted by Gasteiger charge is 2.41. The van der Waals surface area contributed by atoms with E-state index in [1.807, 2.05) is 36.3 Å². The Morgan fingerprint density at radius 1 is 1.18 bits per heavy atom. The van der Waals surface area contributed by atoms with Gasteiger partial charge in [0.25, 0.3) is 5.91 Å². The van der Waals surface area contributed by atoms with Gasteiger partial charge < -0.3 is 15.0 Å². The second-order valence-corrected chi connectivity index (χ2v) is 9.86. The molecule has 170 valence electrons. The molecule has 0 saturated carbocycles. The minimum absolute atomic E-state index is 0.0317. The number of hydrogen-bond acceptors (Lipinski definition) is 8. The van der Waals surface area contributed by atoms with Crippen LogP contribution >= 0.6 is 11.3 Å². The maximum Gasteiger partial charge on any atom is 0.343 e. The van der Waals surface area contributed by atoms with Crippen LogP contribution in [0.25, 0.3) is 10.7 Å². The molecule has 2 atom stereocenters. The van der Waals surface area contributed by atoms with Crippen molar-refractivity contribution in [2.45, 2.75) is 51.3 Å². The second-order valence-electron chi connectivity index (χ2n) is 8.94. The van der Waals surface area contributed by atoms with Gasteiger partial charge in [-0.3, -0.25) is 4.79 Å². The summed E-state index contributed by atoms with van der Waals surface area (Å²) in [7, 11) is 0. The van der Waals surface area contributed by atoms with Crippen molar-refractivity contribution >= 4 is 29.0 Å². The quantitative estimate of drug-likeness (QED) is 0.582. The molecular weight excluding hydrogens is 438 g/mol. The lowest BCUT2D eigenvalue weighted by molar-refractivity contribution is 0.00955. The molecule has 1 amide bonds. The fraction of sp³-hybridized carbons (Fsp3) is 0.375. The summed E-state index contributed by atoms with van der Waals surface area (Å²) < 4.78 is 5.54. The molecule has 0 bridgehead atoms. The summed E-state index contributed by atoms with van der Waals surface area (Å²) >= 11 is 1.46. The summed E-state index contributed by atoms with van der Waals surface area (Å²) in [4.78, 5) is 41.8. The summed E-state index contributed by atoms with van der Waals surface area (Å²) in [6.07, 6.45) is 6.76. The van der Waals surface area contributed by atoms with Crippen LogP contribution in [0, 0.1) is 0 Å². The number of piperidine rings is 1. The highest BCUT2D eigenvalue weighted by atomic mass is 32.1. The number of nitrogens with one attached hydrogen (secondary N) is 1. The molecule has 2 aliphatic heterocycles. The molecule has 0 aromatic carbocycles. The lowest BCUT2D eigenvalue weighted by Gasteiger charge is -2.38. The number of anilines is 1. The van der Waals surface area contributed by atoms with E-state index in [9.17, 15) is 9.59 Å². The summed E-state index contributed by atoms with van der Waals surface area (Å²) in [6.45, 7) is 6.32. The van der Waals surface area contributed by atoms with Crippen molar-refractivity contribution in [2.24, 2.45) is 0 Å². The van der Waals surface area contributed by atoms with Gasteiger partial charge in [0.1, 0.15) is 17.0 Å². The molecule has 9 heteroatoms. The van der Waals surface area contributed by atoms with Crippen LogP contribution in [0.1, 0.15) is 59.9 Å². The molecule has 2 aliphatic rings. The average molecular weight is 464 g/mol. The Labute approximate surface area is 196 Å². The second kappa shape index (κ2) is 8.22. The third-order valence-electron chi connectivity index (χ3n) is 6.30. The first-order valence-corrected chi connectivity index (χ1v) is 11.9. The molecular formula is C24H25N5O3S. The number of thiophene rings is 1. The van der Waals surface area contributed by atoms with E-state index in [1.54, 1.807) is 24.7 Å². The maximum absolute atomic E-state index is 13.5. The number of nitrogens with zero attached hydrogens (tertiary/aromatic N) is 4. The Bertz CT molecular complexity index is 1210. The molecule has 0 spiro atoms. The van der Waals surface area contributed by atoms with E-state index in [-0.39, 0.29) is 24.0 Å². The number of likely N-dealkylation sites (tertiary alicyclic amines) is 1. The number of carbonyl (C=O) groups is 2. The Kier molecular flexibility index (Phi) is 5.36. The van der Waals surface area contributed by atoms with Crippen molar-refractivity contribution in [3.8, 4) is 10.7 Å². The normalized spacial score (nSPS) is 21.4. The van der Waals surface area contributed by atoms with Gasteiger partial charge in [-0.15, -0.1) is 11.3 Å². The van der Waals surface area contributed by atoms with Crippen molar-refractivity contribution in [3.05, 3.63) is 58.9 Å². The van der Waals surface area contributed by atoms with Crippen LogP contribution in [0.2, 0.25) is 0 Å². The third-order valence-corrected chi connectivity index (χ3v) is 7.21. The number of rotatable bonds is 4. The van der Waals surface area contributed by atoms with Crippen molar-refractivity contribution in [1.82, 2.24) is 19.9 Å². The first-order chi connectivity index (χ1) is 15.8. The number of amides is 1. The minimum Gasteiger partial charge on any atom is -0.451 e. The van der Waals surface area contributed by atoms with E-state index >= 15 is 0 Å². The van der Waals surface area contributed by atoms with Gasteiger partial charge in [-0.25, -0.2) is 19.7 Å². The monoisotopic (exact) mass is 463 g/mol. The van der Waals surface area contributed by atoms with Gasteiger partial charge in [0.15, 0.2) is 5.82 Å². The standard InChI is InChI=1S/C24H25N5O3S/c1-14-5-6-15(28-20-18-17(7-11-27-20)24(2,3)32-23(18)31)13-29(14)22(30)16-8-12-33-19(16)21-25-9-4-10-26-21/h4,7-12,14-15H,5-6,13H2,1-3H3,(H,27,28). The summed E-state index contributed by atoms with van der Waals surface area (Å²) in [5, 5.41) is 5.32. The van der Waals surface area contributed by atoms with E-state index in [4.69, 9.17) is 4.74 Å². The number of fused-ring (bicyclic) bond motifs is 1. The number of pyridine rings is 1. The number of aromatic nitrogens is 3. The zero-order chi connectivity index (χ0) is 23.2. The number of cyclic esters (lactones) is 1. The van der Waals surface area contributed by atoms with E-state index in [0.717, 1.165) is 23.3 Å². The molecule has 5 rings (SSSR count). The van der Waals surface area contributed by atoms with Crippen LogP contribution in [-0.4, -0.2) is 50.4 Å². The Balaban J connectivity index is 1.38. The van der Waals surface area contributed by atoms with Crippen LogP contribution in [0.15, 0.2) is 42.2 Å². The molecule has 1 N–H and O–H groups in total. The molecule has 3 aromatic rings. The highest BCUT2D eigenvalue weighted by molar-refractivity contribution is 7.14. The summed E-state index contributed by atoms with van der Waals surface area (Å²) in [5.74, 6) is 0.669. The first-order valence-electron chi connectivity index (χ1n) is 11.0. The maximum atomic E-state index is 13.5. The molecule has 1 fully saturated rings. The van der Waals surface area contributed by atoms with Crippen molar-refractivity contribution in [1.29, 1.82) is 0 Å². The predicted molar refractivity (Wildman–Crippen MR) is 125 cm³/mol. The smallest absolute Gasteiger partial charge is 0.343 e. The number of hydrogen-bond donors (Lipinski definition) is 1. The molecule has 33 heavy (non-hydrogen) atoms. The van der Waals surface area contributed by atoms with Crippen LogP contribution in [0.5, 0.6) is 0 Å². The number of ether oxygens (including phenoxy) is 1. The largest absolute Gasteiger partial charge is 0.451 e.